The topological polar surface area (TPSA) is 48.2 Å². The molecule has 0 aliphatic heterocycles. The van der Waals surface area contributed by atoms with E-state index in [0.717, 1.165) is 31.9 Å². The summed E-state index contributed by atoms with van der Waals surface area (Å²) < 4.78 is 24.9. The van der Waals surface area contributed by atoms with Crippen LogP contribution in [0.1, 0.15) is 25.7 Å². The molecule has 0 saturated heterocycles. The summed E-state index contributed by atoms with van der Waals surface area (Å²) in [5.74, 6) is 0. The average Bonchev–Trinajstić information content (AvgIpc) is 2.12. The largest absolute Gasteiger partial charge is 0.225 e. The van der Waals surface area contributed by atoms with Crippen LogP contribution in [0.5, 0.6) is 0 Å². The molecule has 0 aromatic carbocycles. The number of rotatable bonds is 2. The van der Waals surface area contributed by atoms with E-state index in [9.17, 15) is 8.42 Å². The van der Waals surface area contributed by atoms with Crippen molar-refractivity contribution in [2.45, 2.75) is 31.7 Å². The van der Waals surface area contributed by atoms with Gasteiger partial charge in [-0.3, -0.25) is 0 Å². The first kappa shape index (κ1) is 8.01. The fourth-order valence-corrected chi connectivity index (χ4v) is 2.03. The quantitative estimate of drug-likeness (QED) is 0.593. The Morgan fingerprint density at radius 3 is 2.20 bits per heavy atom. The zero-order valence-electron chi connectivity index (χ0n) is 6.08. The Bertz CT molecular complexity index is 192. The van der Waals surface area contributed by atoms with Crippen LogP contribution in [0, 0.1) is 0 Å². The van der Waals surface area contributed by atoms with Gasteiger partial charge in [0, 0.05) is 6.04 Å². The predicted molar refractivity (Wildman–Crippen MR) is 39.2 cm³/mol. The van der Waals surface area contributed by atoms with Crippen molar-refractivity contribution in [2.75, 3.05) is 6.26 Å². The van der Waals surface area contributed by atoms with Gasteiger partial charge in [0.05, 0.1) is 6.26 Å². The van der Waals surface area contributed by atoms with Crippen LogP contribution in [0.15, 0.2) is 0 Å². The number of hydrogen-bond acceptors (Lipinski definition) is 2. The van der Waals surface area contributed by atoms with Crippen LogP contribution < -0.4 is 4.72 Å². The molecule has 0 unspecified atom stereocenters. The molecule has 1 fully saturated rings. The van der Waals surface area contributed by atoms with E-state index in [1.807, 2.05) is 0 Å². The minimum absolute atomic E-state index is 0.0926. The predicted octanol–water partition coefficient (Wildman–Crippen LogP) is 0.493. The molecule has 1 aliphatic rings. The second kappa shape index (κ2) is 2.88. The zero-order chi connectivity index (χ0) is 7.61. The fourth-order valence-electron chi connectivity index (χ4n) is 1.28. The van der Waals surface area contributed by atoms with Crippen molar-refractivity contribution >= 4 is 10.0 Å². The van der Waals surface area contributed by atoms with Crippen molar-refractivity contribution < 1.29 is 8.42 Å². The molecule has 1 saturated carbocycles. The van der Waals surface area contributed by atoms with Crippen LogP contribution in [0.25, 0.3) is 0 Å². The molecule has 1 radical (unpaired) electrons. The van der Waals surface area contributed by atoms with Crippen molar-refractivity contribution in [2.24, 2.45) is 0 Å². The van der Waals surface area contributed by atoms with Crippen LogP contribution >= 0.6 is 0 Å². The van der Waals surface area contributed by atoms with Gasteiger partial charge in [-0.25, -0.2) is 8.42 Å². The first-order valence-electron chi connectivity index (χ1n) is 3.50. The molecule has 10 heavy (non-hydrogen) atoms. The second-order valence-corrected chi connectivity index (χ2v) is 4.45. The van der Waals surface area contributed by atoms with Crippen LogP contribution in [-0.2, 0) is 10.0 Å². The third-order valence-corrected chi connectivity index (χ3v) is 2.35. The smallest absolute Gasteiger partial charge is 0.211 e. The molecule has 0 heterocycles. The monoisotopic (exact) mass is 162 g/mol. The van der Waals surface area contributed by atoms with E-state index in [-0.39, 0.29) is 6.04 Å². The van der Waals surface area contributed by atoms with Gasteiger partial charge in [-0.05, 0) is 12.8 Å². The summed E-state index contributed by atoms with van der Waals surface area (Å²) in [7, 11) is -3.08. The van der Waals surface area contributed by atoms with Crippen LogP contribution in [0.2, 0.25) is 0 Å². The highest BCUT2D eigenvalue weighted by molar-refractivity contribution is 7.88. The molecule has 59 valence electrons. The molecule has 3 nitrogen and oxygen atoms in total. The summed E-state index contributed by atoms with van der Waals surface area (Å²) in [5, 5.41) is 0. The fraction of sp³-hybridized carbons (Fsp3) is 1.00. The zero-order valence-corrected chi connectivity index (χ0v) is 6.89. The molecule has 0 bridgehead atoms. The van der Waals surface area contributed by atoms with E-state index in [2.05, 4.69) is 4.72 Å². The maximum Gasteiger partial charge on any atom is 0.225 e. The number of sulfonamides is 1. The van der Waals surface area contributed by atoms with Crippen molar-refractivity contribution in [1.29, 1.82) is 0 Å². The number of hydrogen-bond donors (Lipinski definition) is 0. The highest BCUT2D eigenvalue weighted by Gasteiger charge is 2.19. The normalized spacial score (nSPS) is 21.7. The van der Waals surface area contributed by atoms with Crippen LogP contribution in [-0.4, -0.2) is 20.7 Å². The third kappa shape index (κ3) is 2.66. The summed E-state index contributed by atoms with van der Waals surface area (Å²) in [6, 6.07) is 0.0926. The lowest BCUT2D eigenvalue weighted by molar-refractivity contribution is 0.553. The number of nitrogens with zero attached hydrogens (tertiary/aromatic N) is 1. The SMILES string of the molecule is CS(=O)(=O)[N]C1CCCC1. The lowest BCUT2D eigenvalue weighted by Gasteiger charge is -2.04. The third-order valence-electron chi connectivity index (χ3n) is 1.67. The van der Waals surface area contributed by atoms with E-state index in [0.29, 0.717) is 0 Å². The van der Waals surface area contributed by atoms with Crippen LogP contribution in [0.3, 0.4) is 0 Å². The summed E-state index contributed by atoms with van der Waals surface area (Å²) in [5.41, 5.74) is 0. The van der Waals surface area contributed by atoms with Crippen molar-refractivity contribution in [1.82, 2.24) is 4.72 Å². The van der Waals surface area contributed by atoms with E-state index in [4.69, 9.17) is 0 Å². The van der Waals surface area contributed by atoms with Crippen molar-refractivity contribution in [3.05, 3.63) is 0 Å². The van der Waals surface area contributed by atoms with Crippen LogP contribution in [0.4, 0.5) is 0 Å². The molecule has 4 heteroatoms. The Balaban J connectivity index is 2.38. The molecule has 0 atom stereocenters. The van der Waals surface area contributed by atoms with Gasteiger partial charge in [0.15, 0.2) is 0 Å². The highest BCUT2D eigenvalue weighted by Crippen LogP contribution is 2.18. The first-order chi connectivity index (χ1) is 4.58. The Kier molecular flexibility index (Phi) is 2.31. The van der Waals surface area contributed by atoms with Gasteiger partial charge in [0.2, 0.25) is 10.0 Å². The van der Waals surface area contributed by atoms with Gasteiger partial charge in [-0.1, -0.05) is 12.8 Å². The maximum absolute atomic E-state index is 10.6. The Morgan fingerprint density at radius 1 is 1.30 bits per heavy atom. The minimum atomic E-state index is -3.08. The summed E-state index contributed by atoms with van der Waals surface area (Å²) >= 11 is 0. The molecular formula is C6H12NO2S. The molecular weight excluding hydrogens is 150 g/mol. The van der Waals surface area contributed by atoms with Gasteiger partial charge < -0.3 is 0 Å². The molecule has 0 aromatic rings. The summed E-state index contributed by atoms with van der Waals surface area (Å²) in [6.45, 7) is 0. The Morgan fingerprint density at radius 2 is 1.80 bits per heavy atom. The Hall–Kier alpha value is -0.0900. The molecule has 0 spiro atoms. The average molecular weight is 162 g/mol. The summed E-state index contributed by atoms with van der Waals surface area (Å²) in [6.07, 6.45) is 5.32. The van der Waals surface area contributed by atoms with Gasteiger partial charge in [0.25, 0.3) is 0 Å². The van der Waals surface area contributed by atoms with Gasteiger partial charge in [0.1, 0.15) is 0 Å². The lowest BCUT2D eigenvalue weighted by Crippen LogP contribution is -2.23. The molecule has 0 N–H and O–H groups in total. The summed E-state index contributed by atoms with van der Waals surface area (Å²) in [4.78, 5) is 0. The van der Waals surface area contributed by atoms with E-state index in [1.54, 1.807) is 0 Å². The standard InChI is InChI=1S/C6H12NO2S/c1-10(8,9)7-6-4-2-3-5-6/h6H,2-5H2,1H3. The van der Waals surface area contributed by atoms with Crippen molar-refractivity contribution in [3.63, 3.8) is 0 Å². The van der Waals surface area contributed by atoms with Gasteiger partial charge in [-0.15, -0.1) is 4.72 Å². The molecule has 0 amide bonds. The lowest BCUT2D eigenvalue weighted by atomic mass is 10.3. The molecule has 0 aromatic heterocycles. The Labute approximate surface area is 61.9 Å². The minimum Gasteiger partial charge on any atom is -0.211 e. The van der Waals surface area contributed by atoms with E-state index in [1.165, 1.54) is 0 Å². The highest BCUT2D eigenvalue weighted by atomic mass is 32.2. The molecule has 1 rings (SSSR count). The molecule has 1 aliphatic carbocycles. The second-order valence-electron chi connectivity index (χ2n) is 2.78. The first-order valence-corrected chi connectivity index (χ1v) is 5.35. The van der Waals surface area contributed by atoms with E-state index < -0.39 is 10.0 Å². The van der Waals surface area contributed by atoms with E-state index >= 15 is 0 Å². The van der Waals surface area contributed by atoms with Crippen molar-refractivity contribution in [3.8, 4) is 0 Å². The maximum atomic E-state index is 10.6. The van der Waals surface area contributed by atoms with Gasteiger partial charge in [-0.2, -0.15) is 0 Å². The van der Waals surface area contributed by atoms with Gasteiger partial charge >= 0.3 is 0 Å².